The zero-order chi connectivity index (χ0) is 13.1. The van der Waals surface area contributed by atoms with E-state index in [1.54, 1.807) is 0 Å². The quantitative estimate of drug-likeness (QED) is 0.735. The molecule has 0 saturated heterocycles. The molecule has 2 nitrogen and oxygen atoms in total. The van der Waals surface area contributed by atoms with E-state index in [0.29, 0.717) is 23.6 Å². The Labute approximate surface area is 108 Å². The summed E-state index contributed by atoms with van der Waals surface area (Å²) in [7, 11) is 0. The minimum atomic E-state index is 0.291. The Bertz CT molecular complexity index is 227. The first-order valence-corrected chi connectivity index (χ1v) is 7.29. The monoisotopic (exact) mass is 241 g/mol. The first kappa shape index (κ1) is 15.0. The third kappa shape index (κ3) is 3.69. The Morgan fingerprint density at radius 2 is 1.94 bits per heavy atom. The second kappa shape index (κ2) is 6.19. The van der Waals surface area contributed by atoms with Crippen molar-refractivity contribution in [2.24, 2.45) is 11.3 Å². The Balaban J connectivity index is 2.34. The highest BCUT2D eigenvalue weighted by molar-refractivity contribution is 5.03. The zero-order valence-corrected chi connectivity index (χ0v) is 12.5. The standard InChI is InChI=1S/C15H31NO/c1-7-11(3)9-12(4)16-13-10-14(17-8-2)15(13,5)6/h11-14,16H,7-10H2,1-6H3. The van der Waals surface area contributed by atoms with Gasteiger partial charge >= 0.3 is 0 Å². The molecule has 1 fully saturated rings. The van der Waals surface area contributed by atoms with Crippen molar-refractivity contribution < 1.29 is 4.74 Å². The highest BCUT2D eigenvalue weighted by atomic mass is 16.5. The van der Waals surface area contributed by atoms with Gasteiger partial charge in [-0.3, -0.25) is 0 Å². The summed E-state index contributed by atoms with van der Waals surface area (Å²) >= 11 is 0. The topological polar surface area (TPSA) is 21.3 Å². The third-order valence-corrected chi connectivity index (χ3v) is 4.48. The predicted molar refractivity (Wildman–Crippen MR) is 74.3 cm³/mol. The molecule has 4 unspecified atom stereocenters. The molecule has 0 heterocycles. The van der Waals surface area contributed by atoms with E-state index >= 15 is 0 Å². The minimum absolute atomic E-state index is 0.291. The van der Waals surface area contributed by atoms with Crippen LogP contribution in [-0.4, -0.2) is 24.8 Å². The fourth-order valence-corrected chi connectivity index (χ4v) is 2.83. The van der Waals surface area contributed by atoms with Crippen LogP contribution in [-0.2, 0) is 4.74 Å². The van der Waals surface area contributed by atoms with Crippen LogP contribution in [0.2, 0.25) is 0 Å². The fourth-order valence-electron chi connectivity index (χ4n) is 2.83. The fraction of sp³-hybridized carbons (Fsp3) is 1.00. The third-order valence-electron chi connectivity index (χ3n) is 4.48. The molecule has 0 radical (unpaired) electrons. The highest BCUT2D eigenvalue weighted by Crippen LogP contribution is 2.43. The Hall–Kier alpha value is -0.0800. The number of hydrogen-bond acceptors (Lipinski definition) is 2. The molecule has 1 N–H and O–H groups in total. The van der Waals surface area contributed by atoms with E-state index < -0.39 is 0 Å². The van der Waals surface area contributed by atoms with E-state index in [1.165, 1.54) is 19.3 Å². The number of hydrogen-bond donors (Lipinski definition) is 1. The van der Waals surface area contributed by atoms with Gasteiger partial charge < -0.3 is 10.1 Å². The van der Waals surface area contributed by atoms with Crippen molar-refractivity contribution in [3.8, 4) is 0 Å². The smallest absolute Gasteiger partial charge is 0.0655 e. The first-order chi connectivity index (χ1) is 7.91. The van der Waals surface area contributed by atoms with Gasteiger partial charge in [0.15, 0.2) is 0 Å². The van der Waals surface area contributed by atoms with Crippen LogP contribution in [0.3, 0.4) is 0 Å². The van der Waals surface area contributed by atoms with Crippen LogP contribution in [0.1, 0.15) is 60.8 Å². The van der Waals surface area contributed by atoms with Gasteiger partial charge in [0.25, 0.3) is 0 Å². The molecule has 0 amide bonds. The van der Waals surface area contributed by atoms with Gasteiger partial charge in [-0.2, -0.15) is 0 Å². The molecule has 0 aromatic rings. The van der Waals surface area contributed by atoms with Crippen LogP contribution in [0.25, 0.3) is 0 Å². The molecular formula is C15H31NO. The summed E-state index contributed by atoms with van der Waals surface area (Å²) in [5, 5.41) is 3.78. The predicted octanol–water partition coefficient (Wildman–Crippen LogP) is 3.60. The molecule has 1 aliphatic carbocycles. The number of nitrogens with one attached hydrogen (secondary N) is 1. The molecule has 0 bridgehead atoms. The summed E-state index contributed by atoms with van der Waals surface area (Å²) in [5.41, 5.74) is 0.291. The maximum Gasteiger partial charge on any atom is 0.0655 e. The van der Waals surface area contributed by atoms with Gasteiger partial charge in [-0.25, -0.2) is 0 Å². The van der Waals surface area contributed by atoms with Crippen LogP contribution >= 0.6 is 0 Å². The van der Waals surface area contributed by atoms with Crippen molar-refractivity contribution in [1.29, 1.82) is 0 Å². The summed E-state index contributed by atoms with van der Waals surface area (Å²) in [6.07, 6.45) is 4.18. The normalized spacial score (nSPS) is 30.7. The SMILES string of the molecule is CCOC1CC(NC(C)CC(C)CC)C1(C)C. The molecule has 0 aliphatic heterocycles. The van der Waals surface area contributed by atoms with E-state index in [9.17, 15) is 0 Å². The van der Waals surface area contributed by atoms with Crippen molar-refractivity contribution in [2.45, 2.75) is 79.0 Å². The number of rotatable bonds is 7. The lowest BCUT2D eigenvalue weighted by molar-refractivity contribution is -0.116. The van der Waals surface area contributed by atoms with Crippen molar-refractivity contribution in [1.82, 2.24) is 5.32 Å². The lowest BCUT2D eigenvalue weighted by atomic mass is 9.64. The molecular weight excluding hydrogens is 210 g/mol. The van der Waals surface area contributed by atoms with Crippen LogP contribution in [0.5, 0.6) is 0 Å². The molecule has 102 valence electrons. The average Bonchev–Trinajstić information content (AvgIpc) is 2.27. The van der Waals surface area contributed by atoms with Crippen LogP contribution < -0.4 is 5.32 Å². The highest BCUT2D eigenvalue weighted by Gasteiger charge is 2.48. The molecule has 0 aromatic heterocycles. The molecule has 0 spiro atoms. The van der Waals surface area contributed by atoms with Gasteiger partial charge in [0.2, 0.25) is 0 Å². The van der Waals surface area contributed by atoms with Gasteiger partial charge in [0, 0.05) is 24.1 Å². The molecule has 1 saturated carbocycles. The summed E-state index contributed by atoms with van der Waals surface area (Å²) < 4.78 is 5.77. The van der Waals surface area contributed by atoms with Gasteiger partial charge in [-0.15, -0.1) is 0 Å². The maximum absolute atomic E-state index is 5.77. The van der Waals surface area contributed by atoms with Crippen molar-refractivity contribution >= 4 is 0 Å². The van der Waals surface area contributed by atoms with Gasteiger partial charge in [-0.1, -0.05) is 34.1 Å². The van der Waals surface area contributed by atoms with E-state index in [4.69, 9.17) is 4.74 Å². The number of ether oxygens (including phenoxy) is 1. The average molecular weight is 241 g/mol. The van der Waals surface area contributed by atoms with E-state index in [1.807, 2.05) is 0 Å². The zero-order valence-electron chi connectivity index (χ0n) is 12.5. The molecule has 17 heavy (non-hydrogen) atoms. The lowest BCUT2D eigenvalue weighted by Gasteiger charge is -2.52. The van der Waals surface area contributed by atoms with Crippen LogP contribution in [0, 0.1) is 11.3 Å². The van der Waals surface area contributed by atoms with Gasteiger partial charge in [0.05, 0.1) is 6.10 Å². The lowest BCUT2D eigenvalue weighted by Crippen LogP contribution is -2.62. The molecule has 1 rings (SSSR count). The maximum atomic E-state index is 5.77. The first-order valence-electron chi connectivity index (χ1n) is 7.29. The summed E-state index contributed by atoms with van der Waals surface area (Å²) in [4.78, 5) is 0. The minimum Gasteiger partial charge on any atom is -0.378 e. The molecule has 0 aromatic carbocycles. The second-order valence-corrected chi connectivity index (χ2v) is 6.37. The van der Waals surface area contributed by atoms with Crippen molar-refractivity contribution in [3.63, 3.8) is 0 Å². The van der Waals surface area contributed by atoms with Crippen LogP contribution in [0.15, 0.2) is 0 Å². The molecule has 4 atom stereocenters. The summed E-state index contributed by atoms with van der Waals surface area (Å²) in [6.45, 7) is 14.5. The van der Waals surface area contributed by atoms with E-state index in [2.05, 4.69) is 46.9 Å². The molecule has 1 aliphatic rings. The second-order valence-electron chi connectivity index (χ2n) is 6.37. The van der Waals surface area contributed by atoms with Gasteiger partial charge in [0.1, 0.15) is 0 Å². The largest absolute Gasteiger partial charge is 0.378 e. The van der Waals surface area contributed by atoms with E-state index in [-0.39, 0.29) is 0 Å². The summed E-state index contributed by atoms with van der Waals surface area (Å²) in [6, 6.07) is 1.25. The Morgan fingerprint density at radius 3 is 2.41 bits per heavy atom. The van der Waals surface area contributed by atoms with E-state index in [0.717, 1.165) is 12.5 Å². The van der Waals surface area contributed by atoms with Crippen molar-refractivity contribution in [3.05, 3.63) is 0 Å². The van der Waals surface area contributed by atoms with Gasteiger partial charge in [-0.05, 0) is 32.6 Å². The Kier molecular flexibility index (Phi) is 5.46. The molecule has 2 heteroatoms. The Morgan fingerprint density at radius 1 is 1.29 bits per heavy atom. The summed E-state index contributed by atoms with van der Waals surface area (Å²) in [5.74, 6) is 0.823. The van der Waals surface area contributed by atoms with Crippen molar-refractivity contribution in [2.75, 3.05) is 6.61 Å². The van der Waals surface area contributed by atoms with Crippen LogP contribution in [0.4, 0.5) is 0 Å².